The molecular formula is C11H12Cl2F3N2O7P. The monoisotopic (exact) mass is 442 g/mol. The molecule has 1 unspecified atom stereocenters. The van der Waals surface area contributed by atoms with Gasteiger partial charge < -0.3 is 19.5 Å². The minimum atomic E-state index is -4.74. The fraction of sp³-hybridized carbons (Fsp3) is 0.636. The summed E-state index contributed by atoms with van der Waals surface area (Å²) < 4.78 is 58.5. The maximum absolute atomic E-state index is 12.5. The van der Waals surface area contributed by atoms with Crippen LogP contribution in [0.1, 0.15) is 11.7 Å². The molecule has 0 bridgehead atoms. The Morgan fingerprint density at radius 1 is 1.31 bits per heavy atom. The topological polar surface area (TPSA) is 131 Å². The summed E-state index contributed by atoms with van der Waals surface area (Å²) in [5.41, 5.74) is -2.94. The van der Waals surface area contributed by atoms with E-state index in [0.717, 1.165) is 0 Å². The van der Waals surface area contributed by atoms with Crippen molar-refractivity contribution >= 4 is 28.6 Å². The van der Waals surface area contributed by atoms with E-state index in [4.69, 9.17) is 27.2 Å². The number of aliphatic hydroxyl groups is 2. The molecule has 0 amide bonds. The highest BCUT2D eigenvalue weighted by atomic mass is 35.9. The highest BCUT2D eigenvalue weighted by Gasteiger charge is 2.45. The smallest absolute Gasteiger partial charge is 0.387 e. The van der Waals surface area contributed by atoms with Crippen molar-refractivity contribution in [1.29, 1.82) is 0 Å². The third-order valence-electron chi connectivity index (χ3n) is 3.45. The number of hydrogen-bond acceptors (Lipinski definition) is 7. The van der Waals surface area contributed by atoms with Gasteiger partial charge in [0, 0.05) is 6.20 Å². The summed E-state index contributed by atoms with van der Waals surface area (Å²) in [5, 5.41) is 19.9. The molecule has 1 aromatic rings. The van der Waals surface area contributed by atoms with Crippen LogP contribution in [-0.4, -0.2) is 50.9 Å². The Balaban J connectivity index is 2.30. The zero-order valence-corrected chi connectivity index (χ0v) is 14.9. The number of aliphatic hydroxyl groups excluding tert-OH is 2. The molecule has 1 aliphatic rings. The number of alkyl halides is 3. The van der Waals surface area contributed by atoms with Gasteiger partial charge in [0.05, 0.1) is 12.2 Å². The van der Waals surface area contributed by atoms with Crippen LogP contribution in [-0.2, 0) is 20.4 Å². The quantitative estimate of drug-likeness (QED) is 0.576. The first-order valence-electron chi connectivity index (χ1n) is 6.84. The summed E-state index contributed by atoms with van der Waals surface area (Å²) in [4.78, 5) is 25.0. The SMILES string of the molecule is O=c1[nH]c(=O)n(CC(F)(F)F)cc1[C@@H]1O[C@H](COP(=O)(Cl)Cl)[C@H](O)C1O. The van der Waals surface area contributed by atoms with Crippen molar-refractivity contribution < 1.29 is 37.2 Å². The molecule has 15 heteroatoms. The average molecular weight is 443 g/mol. The fourth-order valence-electron chi connectivity index (χ4n) is 2.34. The van der Waals surface area contributed by atoms with Crippen molar-refractivity contribution in [2.75, 3.05) is 6.61 Å². The lowest BCUT2D eigenvalue weighted by Crippen LogP contribution is -2.38. The molecule has 1 aliphatic heterocycles. The minimum absolute atomic E-state index is 0.175. The highest BCUT2D eigenvalue weighted by molar-refractivity contribution is 8.05. The minimum Gasteiger partial charge on any atom is -0.387 e. The van der Waals surface area contributed by atoms with E-state index in [2.05, 4.69) is 4.52 Å². The Labute approximate surface area is 152 Å². The molecule has 1 aromatic heterocycles. The Morgan fingerprint density at radius 2 is 1.92 bits per heavy atom. The maximum atomic E-state index is 12.5. The number of ether oxygens (including phenoxy) is 1. The van der Waals surface area contributed by atoms with Gasteiger partial charge in [0.15, 0.2) is 0 Å². The van der Waals surface area contributed by atoms with Gasteiger partial charge >= 0.3 is 17.9 Å². The van der Waals surface area contributed by atoms with Gasteiger partial charge in [-0.3, -0.25) is 18.9 Å². The normalized spacial score (nSPS) is 27.0. The predicted octanol–water partition coefficient (Wildman–Crippen LogP) is 0.863. The van der Waals surface area contributed by atoms with Gasteiger partial charge in [0.1, 0.15) is 31.0 Å². The molecule has 0 aliphatic carbocycles. The summed E-state index contributed by atoms with van der Waals surface area (Å²) in [6.45, 7) is -2.31. The maximum Gasteiger partial charge on any atom is 0.406 e. The van der Waals surface area contributed by atoms with Crippen LogP contribution in [0.15, 0.2) is 15.8 Å². The number of rotatable bonds is 5. The van der Waals surface area contributed by atoms with E-state index >= 15 is 0 Å². The molecule has 0 aromatic carbocycles. The van der Waals surface area contributed by atoms with Crippen LogP contribution in [0, 0.1) is 0 Å². The summed E-state index contributed by atoms with van der Waals surface area (Å²) >= 11 is 10.3. The number of aromatic nitrogens is 2. The molecule has 9 nitrogen and oxygen atoms in total. The van der Waals surface area contributed by atoms with Crippen LogP contribution in [0.25, 0.3) is 0 Å². The highest BCUT2D eigenvalue weighted by Crippen LogP contribution is 2.57. The molecule has 3 N–H and O–H groups in total. The molecule has 1 fully saturated rings. The second-order valence-electron chi connectivity index (χ2n) is 5.37. The number of nitrogens with zero attached hydrogens (tertiary/aromatic N) is 1. The Morgan fingerprint density at radius 3 is 2.46 bits per heavy atom. The zero-order chi connectivity index (χ0) is 19.9. The first-order valence-corrected chi connectivity index (χ1v) is 10.3. The van der Waals surface area contributed by atoms with E-state index in [1.54, 1.807) is 4.98 Å². The largest absolute Gasteiger partial charge is 0.406 e. The predicted molar refractivity (Wildman–Crippen MR) is 82.3 cm³/mol. The first kappa shape index (κ1) is 21.4. The van der Waals surface area contributed by atoms with Crippen molar-refractivity contribution in [2.24, 2.45) is 0 Å². The van der Waals surface area contributed by atoms with Gasteiger partial charge in [-0.15, -0.1) is 0 Å². The van der Waals surface area contributed by atoms with Crippen molar-refractivity contribution in [3.8, 4) is 0 Å². The summed E-state index contributed by atoms with van der Waals surface area (Å²) in [5.74, 6) is 0. The van der Waals surface area contributed by atoms with E-state index in [0.29, 0.717) is 6.20 Å². The van der Waals surface area contributed by atoms with Gasteiger partial charge in [-0.1, -0.05) is 0 Å². The van der Waals surface area contributed by atoms with E-state index in [-0.39, 0.29) is 4.57 Å². The molecule has 148 valence electrons. The number of aromatic amines is 1. The van der Waals surface area contributed by atoms with Crippen molar-refractivity contribution in [3.63, 3.8) is 0 Å². The summed E-state index contributed by atoms with van der Waals surface area (Å²) in [7, 11) is 0. The molecule has 4 atom stereocenters. The molecule has 0 spiro atoms. The van der Waals surface area contributed by atoms with Gasteiger partial charge in [-0.2, -0.15) is 13.2 Å². The van der Waals surface area contributed by atoms with E-state index in [1.165, 1.54) is 0 Å². The third-order valence-corrected chi connectivity index (χ3v) is 4.48. The van der Waals surface area contributed by atoms with Crippen molar-refractivity contribution in [1.82, 2.24) is 9.55 Å². The zero-order valence-electron chi connectivity index (χ0n) is 12.5. The van der Waals surface area contributed by atoms with Crippen molar-refractivity contribution in [2.45, 2.75) is 37.1 Å². The van der Waals surface area contributed by atoms with Gasteiger partial charge in [0.25, 0.3) is 5.56 Å². The Hall–Kier alpha value is -0.880. The standard InChI is InChI=1S/C11H12Cl2F3N2O7P/c12-26(13,23)24-2-5-6(19)7(20)8(25-5)4-1-18(3-11(14,15)16)10(22)17-9(4)21/h1,5-8,19-20H,2-3H2,(H,17,21,22)/t5-,6+,7?,8+/m1/s1. The van der Waals surface area contributed by atoms with Crippen LogP contribution in [0.3, 0.4) is 0 Å². The third kappa shape index (κ3) is 5.32. The van der Waals surface area contributed by atoms with Crippen LogP contribution in [0.2, 0.25) is 0 Å². The van der Waals surface area contributed by atoms with Gasteiger partial charge in [-0.05, 0) is 22.5 Å². The number of hydrogen-bond donors (Lipinski definition) is 3. The molecule has 2 rings (SSSR count). The van der Waals surface area contributed by atoms with E-state index < -0.39 is 66.6 Å². The van der Waals surface area contributed by atoms with Crippen LogP contribution in [0.5, 0.6) is 0 Å². The van der Waals surface area contributed by atoms with Crippen LogP contribution < -0.4 is 11.2 Å². The average Bonchev–Trinajstić information content (AvgIpc) is 2.74. The molecule has 26 heavy (non-hydrogen) atoms. The summed E-state index contributed by atoms with van der Waals surface area (Å²) in [6, 6.07) is 0. The molecule has 1 saturated heterocycles. The first-order chi connectivity index (χ1) is 11.8. The lowest BCUT2D eigenvalue weighted by Gasteiger charge is -2.16. The molecule has 2 heterocycles. The number of halogens is 5. The number of nitrogens with one attached hydrogen (secondary N) is 1. The second kappa shape index (κ2) is 7.63. The van der Waals surface area contributed by atoms with E-state index in [1.807, 2.05) is 0 Å². The van der Waals surface area contributed by atoms with Crippen LogP contribution >= 0.6 is 28.6 Å². The van der Waals surface area contributed by atoms with Crippen LogP contribution in [0.4, 0.5) is 13.2 Å². The lowest BCUT2D eigenvalue weighted by atomic mass is 10.0. The summed E-state index contributed by atoms with van der Waals surface area (Å²) in [6.07, 6.45) is -14.4. The molecule has 0 saturated carbocycles. The van der Waals surface area contributed by atoms with Crippen molar-refractivity contribution in [3.05, 3.63) is 32.6 Å². The fourth-order valence-corrected chi connectivity index (χ4v) is 3.00. The van der Waals surface area contributed by atoms with Gasteiger partial charge in [-0.25, -0.2) is 4.79 Å². The number of H-pyrrole nitrogens is 1. The molecular weight excluding hydrogens is 431 g/mol. The molecule has 0 radical (unpaired) electrons. The van der Waals surface area contributed by atoms with Gasteiger partial charge in [0.2, 0.25) is 0 Å². The Kier molecular flexibility index (Phi) is 6.28. The second-order valence-corrected chi connectivity index (χ2v) is 9.65. The van der Waals surface area contributed by atoms with E-state index in [9.17, 15) is 37.5 Å². The lowest BCUT2D eigenvalue weighted by molar-refractivity contribution is -0.141. The Bertz CT molecular complexity index is 823.